The molecule has 41 heavy (non-hydrogen) atoms. The molecule has 2 aromatic heterocycles. The number of benzene rings is 2. The van der Waals surface area contributed by atoms with Gasteiger partial charge in [0.25, 0.3) is 0 Å². The van der Waals surface area contributed by atoms with E-state index in [4.69, 9.17) is 37.4 Å². The van der Waals surface area contributed by atoms with Crippen molar-refractivity contribution in [2.24, 2.45) is 5.92 Å². The maximum Gasteiger partial charge on any atom is 0.338 e. The fourth-order valence-electron chi connectivity index (χ4n) is 4.21. The Morgan fingerprint density at radius 2 is 1.83 bits per heavy atom. The summed E-state index contributed by atoms with van der Waals surface area (Å²) in [6, 6.07) is 16.7. The van der Waals surface area contributed by atoms with Crippen LogP contribution in [0.3, 0.4) is 0 Å². The van der Waals surface area contributed by atoms with E-state index in [0.717, 1.165) is 16.8 Å². The fraction of sp³-hybridized carbons (Fsp3) is 0.258. The van der Waals surface area contributed by atoms with Crippen molar-refractivity contribution >= 4 is 34.9 Å². The molecule has 0 saturated heterocycles. The van der Waals surface area contributed by atoms with Crippen molar-refractivity contribution in [3.8, 4) is 11.5 Å². The predicted molar refractivity (Wildman–Crippen MR) is 156 cm³/mol. The minimum atomic E-state index is -0.675. The van der Waals surface area contributed by atoms with Gasteiger partial charge in [0.2, 0.25) is 0 Å². The highest BCUT2D eigenvalue weighted by atomic mass is 35.5. The molecule has 2 heterocycles. The second kappa shape index (κ2) is 14.2. The Kier molecular flexibility index (Phi) is 10.4. The molecule has 1 unspecified atom stereocenters. The molecule has 1 saturated carbocycles. The van der Waals surface area contributed by atoms with Crippen molar-refractivity contribution in [3.05, 3.63) is 112 Å². The molecule has 0 amide bonds. The molecule has 1 atom stereocenters. The minimum Gasteiger partial charge on any atom is -0.870 e. The fourth-order valence-corrected chi connectivity index (χ4v) is 4.74. The molecule has 1 aliphatic rings. The highest BCUT2D eigenvalue weighted by molar-refractivity contribution is 6.35. The molecule has 1 fully saturated rings. The number of nitrogens with one attached hydrogen (secondary N) is 2. The van der Waals surface area contributed by atoms with Crippen LogP contribution in [0.1, 0.15) is 46.0 Å². The molecule has 8 nitrogen and oxygen atoms in total. The molecule has 0 radical (unpaired) electrons. The highest BCUT2D eigenvalue weighted by Gasteiger charge is 2.26. The molecule has 2 aromatic carbocycles. The monoisotopic (exact) mass is 595 g/mol. The first kappa shape index (κ1) is 30.1. The van der Waals surface area contributed by atoms with Crippen LogP contribution in [0.2, 0.25) is 10.0 Å². The predicted octanol–water partition coefficient (Wildman–Crippen LogP) is 6.58. The number of hydrogen-bond acceptors (Lipinski definition) is 7. The number of nitrogens with zero attached hydrogens (tertiary/aromatic N) is 1. The van der Waals surface area contributed by atoms with Crippen LogP contribution in [0.25, 0.3) is 0 Å². The number of methoxy groups -OCH3 is 1. The van der Waals surface area contributed by atoms with Crippen LogP contribution in [0, 0.1) is 5.92 Å². The van der Waals surface area contributed by atoms with E-state index in [-0.39, 0.29) is 11.9 Å². The van der Waals surface area contributed by atoms with Crippen LogP contribution in [0.5, 0.6) is 11.5 Å². The average molecular weight is 597 g/mol. The van der Waals surface area contributed by atoms with Crippen LogP contribution in [0.15, 0.2) is 79.4 Å². The van der Waals surface area contributed by atoms with Crippen LogP contribution in [0.4, 0.5) is 5.69 Å². The maximum atomic E-state index is 13.3. The maximum absolute atomic E-state index is 13.3. The number of pyridine rings is 2. The van der Waals surface area contributed by atoms with Crippen molar-refractivity contribution in [2.45, 2.75) is 31.9 Å². The van der Waals surface area contributed by atoms with Gasteiger partial charge in [-0.15, -0.1) is 0 Å². The lowest BCUT2D eigenvalue weighted by Gasteiger charge is -2.21. The molecular weight excluding hydrogens is 565 g/mol. The summed E-state index contributed by atoms with van der Waals surface area (Å²) in [7, 11) is 1.60. The SMILES string of the molecule is COc1ccc(C(Cc2c(Cl)c[nH+]cc2Cl)OC(=O)c2ccc(CNc3cccnc3)cc2)cc1OCC1CC1.[OH-]. The first-order valence-electron chi connectivity index (χ1n) is 13.1. The zero-order valence-electron chi connectivity index (χ0n) is 22.5. The summed E-state index contributed by atoms with van der Waals surface area (Å²) in [5.74, 6) is 1.35. The molecule has 4 aromatic rings. The van der Waals surface area contributed by atoms with E-state index >= 15 is 0 Å². The Morgan fingerprint density at radius 1 is 1.07 bits per heavy atom. The molecule has 5 rings (SSSR count). The van der Waals surface area contributed by atoms with Crippen LogP contribution < -0.4 is 19.8 Å². The van der Waals surface area contributed by atoms with E-state index in [1.807, 2.05) is 42.5 Å². The number of ether oxygens (including phenoxy) is 3. The van der Waals surface area contributed by atoms with Crippen LogP contribution >= 0.6 is 23.2 Å². The van der Waals surface area contributed by atoms with Crippen molar-refractivity contribution in [1.29, 1.82) is 0 Å². The first-order valence-corrected chi connectivity index (χ1v) is 13.8. The lowest BCUT2D eigenvalue weighted by molar-refractivity contribution is -0.377. The quantitative estimate of drug-likeness (QED) is 0.184. The van der Waals surface area contributed by atoms with E-state index in [2.05, 4.69) is 15.3 Å². The summed E-state index contributed by atoms with van der Waals surface area (Å²) in [5, 5.41) is 4.22. The summed E-state index contributed by atoms with van der Waals surface area (Å²) >= 11 is 12.9. The van der Waals surface area contributed by atoms with Crippen molar-refractivity contribution < 1.29 is 29.5 Å². The van der Waals surface area contributed by atoms with Gasteiger partial charge in [-0.05, 0) is 66.3 Å². The standard InChI is InChI=1S/C31H29Cl2N3O4.H2O/c1-38-28-11-10-23(13-30(28)39-19-21-4-5-21)29(14-25-26(32)17-35-18-27(25)33)40-31(37)22-8-6-20(7-9-22)15-36-24-3-2-12-34-16-24;/h2-3,6-13,16-18,21,29,36H,4-5,14-15,19H2,1H3;1H2. The number of carbonyl (C=O) groups is 1. The third-order valence-electron chi connectivity index (χ3n) is 6.71. The van der Waals surface area contributed by atoms with Gasteiger partial charge in [0, 0.05) is 30.9 Å². The van der Waals surface area contributed by atoms with Crippen molar-refractivity contribution in [3.63, 3.8) is 0 Å². The van der Waals surface area contributed by atoms with Gasteiger partial charge in [-0.1, -0.05) is 41.4 Å². The molecule has 3 N–H and O–H groups in total. The molecule has 0 bridgehead atoms. The van der Waals surface area contributed by atoms with Crippen molar-refractivity contribution in [2.75, 3.05) is 19.0 Å². The summed E-state index contributed by atoms with van der Waals surface area (Å²) in [4.78, 5) is 20.4. The normalized spacial score (nSPS) is 13.0. The van der Waals surface area contributed by atoms with Gasteiger partial charge in [-0.25, -0.2) is 9.78 Å². The van der Waals surface area contributed by atoms with Gasteiger partial charge in [0.15, 0.2) is 23.9 Å². The number of aromatic nitrogens is 2. The minimum absolute atomic E-state index is 0. The van der Waals surface area contributed by atoms with Crippen molar-refractivity contribution in [1.82, 2.24) is 4.98 Å². The summed E-state index contributed by atoms with van der Waals surface area (Å²) in [6.07, 6.45) is 8.73. The Balaban J connectivity index is 0.00000387. The van der Waals surface area contributed by atoms with E-state index in [1.54, 1.807) is 44.0 Å². The van der Waals surface area contributed by atoms with Gasteiger partial charge < -0.3 is 25.0 Å². The number of anilines is 1. The third kappa shape index (κ3) is 8.10. The Bertz CT molecular complexity index is 1430. The van der Waals surface area contributed by atoms with Gasteiger partial charge in [0.1, 0.15) is 16.1 Å². The largest absolute Gasteiger partial charge is 0.870 e. The van der Waals surface area contributed by atoms with Gasteiger partial charge >= 0.3 is 5.97 Å². The first-order chi connectivity index (χ1) is 19.5. The smallest absolute Gasteiger partial charge is 0.338 e. The summed E-state index contributed by atoms with van der Waals surface area (Å²) < 4.78 is 17.7. The zero-order valence-corrected chi connectivity index (χ0v) is 24.0. The Labute approximate surface area is 248 Å². The van der Waals surface area contributed by atoms with E-state index in [0.29, 0.717) is 51.7 Å². The number of hydrogen-bond donors (Lipinski definition) is 1. The van der Waals surface area contributed by atoms with Crippen LogP contribution in [-0.2, 0) is 17.7 Å². The molecule has 10 heteroatoms. The van der Waals surface area contributed by atoms with Gasteiger partial charge in [-0.3, -0.25) is 4.98 Å². The number of carbonyl (C=O) groups excluding carboxylic acids is 1. The Hall–Kier alpha value is -3.85. The van der Waals surface area contributed by atoms with E-state index < -0.39 is 12.1 Å². The lowest BCUT2D eigenvalue weighted by Crippen LogP contribution is -2.16. The average Bonchev–Trinajstić information content (AvgIpc) is 3.81. The molecule has 214 valence electrons. The lowest BCUT2D eigenvalue weighted by atomic mass is 10.0. The number of aromatic amines is 1. The second-order valence-corrected chi connectivity index (χ2v) is 10.5. The summed E-state index contributed by atoms with van der Waals surface area (Å²) in [6.45, 7) is 1.22. The molecular formula is C31H31Cl2N3O5. The van der Waals surface area contributed by atoms with Gasteiger partial charge in [0.05, 0.1) is 25.0 Å². The second-order valence-electron chi connectivity index (χ2n) is 9.68. The molecule has 0 aliphatic heterocycles. The van der Waals surface area contributed by atoms with E-state index in [1.165, 1.54) is 12.8 Å². The number of H-pyrrole nitrogens is 1. The molecule has 1 aliphatic carbocycles. The Morgan fingerprint density at radius 3 is 2.49 bits per heavy atom. The van der Waals surface area contributed by atoms with E-state index in [9.17, 15) is 4.79 Å². The third-order valence-corrected chi connectivity index (χ3v) is 7.39. The van der Waals surface area contributed by atoms with Crippen LogP contribution in [-0.4, -0.2) is 30.1 Å². The topological polar surface area (TPSA) is 114 Å². The summed E-state index contributed by atoms with van der Waals surface area (Å²) in [5.41, 5.74) is 3.80. The molecule has 0 spiro atoms. The number of esters is 1. The van der Waals surface area contributed by atoms with Gasteiger partial charge in [-0.2, -0.15) is 0 Å². The number of rotatable bonds is 12. The highest BCUT2D eigenvalue weighted by Crippen LogP contribution is 2.37. The zero-order chi connectivity index (χ0) is 27.9. The number of halogens is 2.